The molecule has 6 nitrogen and oxygen atoms in total. The molecule has 74 valence electrons. The van der Waals surface area contributed by atoms with E-state index in [1.54, 1.807) is 0 Å². The van der Waals surface area contributed by atoms with Gasteiger partial charge < -0.3 is 15.2 Å². The van der Waals surface area contributed by atoms with Crippen molar-refractivity contribution < 1.29 is 14.8 Å². The normalized spacial score (nSPS) is 9.79. The van der Waals surface area contributed by atoms with E-state index in [2.05, 4.69) is 4.98 Å². The fourth-order valence-electron chi connectivity index (χ4n) is 1.09. The third-order valence-corrected chi connectivity index (χ3v) is 1.64. The van der Waals surface area contributed by atoms with Gasteiger partial charge in [-0.05, 0) is 22.9 Å². The number of hydrogen-bond donors (Lipinski definition) is 1. The van der Waals surface area contributed by atoms with Gasteiger partial charge in [-0.1, -0.05) is 0 Å². The van der Waals surface area contributed by atoms with Gasteiger partial charge in [0.25, 0.3) is 0 Å². The fourth-order valence-corrected chi connectivity index (χ4v) is 1.09. The molecule has 1 heterocycles. The average molecular weight is 196 g/mol. The number of aliphatic carboxylic acids is 1. The summed E-state index contributed by atoms with van der Waals surface area (Å²) < 4.78 is 0. The maximum atomic E-state index is 10.4. The third-order valence-electron chi connectivity index (χ3n) is 1.64. The maximum absolute atomic E-state index is 10.4. The molecule has 0 aliphatic heterocycles. The topological polar surface area (TPSA) is 93.3 Å². The maximum Gasteiger partial charge on any atom is 0.366 e. The highest BCUT2D eigenvalue weighted by Gasteiger charge is 2.13. The molecule has 0 atom stereocenters. The van der Waals surface area contributed by atoms with Crippen LogP contribution >= 0.6 is 0 Å². The number of aryl methyl sites for hydroxylation is 1. The van der Waals surface area contributed by atoms with Crippen LogP contribution in [0.1, 0.15) is 11.1 Å². The number of rotatable bonds is 3. The quantitative estimate of drug-likeness (QED) is 0.573. The van der Waals surface area contributed by atoms with E-state index in [1.807, 2.05) is 0 Å². The first kappa shape index (κ1) is 10.1. The standard InChI is InChI=1S/C8H8N2O4/c1-5-2-6(3-7(11)12)4-9-8(5)10(13)14/h2,4H,3H2,1H3,(H,11,12). The Hall–Kier alpha value is -1.98. The largest absolute Gasteiger partial charge is 0.481 e. The third kappa shape index (κ3) is 2.25. The minimum atomic E-state index is -0.986. The number of carboxylic acid groups (broad SMARTS) is 1. The van der Waals surface area contributed by atoms with E-state index in [0.717, 1.165) is 0 Å². The Morgan fingerprint density at radius 1 is 1.71 bits per heavy atom. The van der Waals surface area contributed by atoms with E-state index >= 15 is 0 Å². The van der Waals surface area contributed by atoms with Gasteiger partial charge >= 0.3 is 11.8 Å². The van der Waals surface area contributed by atoms with E-state index in [4.69, 9.17) is 5.11 Å². The Kier molecular flexibility index (Phi) is 2.76. The molecule has 0 radical (unpaired) electrons. The van der Waals surface area contributed by atoms with Crippen LogP contribution in [0.25, 0.3) is 0 Å². The molecule has 0 unspecified atom stereocenters. The predicted octanol–water partition coefficient (Wildman–Crippen LogP) is 0.925. The molecule has 1 N–H and O–H groups in total. The van der Waals surface area contributed by atoms with Gasteiger partial charge in [0.15, 0.2) is 0 Å². The zero-order chi connectivity index (χ0) is 10.7. The molecule has 0 bridgehead atoms. The lowest BCUT2D eigenvalue weighted by molar-refractivity contribution is -0.390. The minimum absolute atomic E-state index is 0.175. The zero-order valence-corrected chi connectivity index (χ0v) is 7.43. The fraction of sp³-hybridized carbons (Fsp3) is 0.250. The van der Waals surface area contributed by atoms with Gasteiger partial charge in [0.05, 0.1) is 6.42 Å². The van der Waals surface area contributed by atoms with Crippen molar-refractivity contribution in [1.82, 2.24) is 4.98 Å². The van der Waals surface area contributed by atoms with Crippen LogP contribution in [0.15, 0.2) is 12.3 Å². The second kappa shape index (κ2) is 3.82. The summed E-state index contributed by atoms with van der Waals surface area (Å²) in [5.41, 5.74) is 0.828. The molecule has 0 aliphatic rings. The van der Waals surface area contributed by atoms with Gasteiger partial charge in [0, 0.05) is 11.1 Å². The van der Waals surface area contributed by atoms with Crippen molar-refractivity contribution in [2.45, 2.75) is 13.3 Å². The first-order valence-electron chi connectivity index (χ1n) is 3.82. The molecule has 0 saturated carbocycles. The molecule has 14 heavy (non-hydrogen) atoms. The van der Waals surface area contributed by atoms with Crippen LogP contribution in [-0.4, -0.2) is 21.0 Å². The second-order valence-electron chi connectivity index (χ2n) is 2.81. The Labute approximate surface area is 79.4 Å². The lowest BCUT2D eigenvalue weighted by atomic mass is 10.1. The summed E-state index contributed by atoms with van der Waals surface area (Å²) in [6.45, 7) is 1.52. The number of hydrogen-bond acceptors (Lipinski definition) is 4. The molecule has 0 aromatic carbocycles. The summed E-state index contributed by atoms with van der Waals surface area (Å²) in [5.74, 6) is -1.22. The van der Waals surface area contributed by atoms with Crippen molar-refractivity contribution in [1.29, 1.82) is 0 Å². The van der Waals surface area contributed by atoms with Gasteiger partial charge in [-0.25, -0.2) is 0 Å². The summed E-state index contributed by atoms with van der Waals surface area (Å²) in [6, 6.07) is 1.46. The number of nitrogens with zero attached hydrogens (tertiary/aromatic N) is 2. The minimum Gasteiger partial charge on any atom is -0.481 e. The summed E-state index contributed by atoms with van der Waals surface area (Å²) in [6.07, 6.45) is 1.03. The van der Waals surface area contributed by atoms with Crippen molar-refractivity contribution in [3.05, 3.63) is 33.5 Å². The Balaban J connectivity index is 3.00. The number of aromatic nitrogens is 1. The van der Waals surface area contributed by atoms with Crippen molar-refractivity contribution in [2.75, 3.05) is 0 Å². The summed E-state index contributed by atoms with van der Waals surface area (Å²) in [5, 5.41) is 18.9. The van der Waals surface area contributed by atoms with Gasteiger partial charge in [-0.3, -0.25) is 4.79 Å². The molecule has 1 rings (SSSR count). The number of carboxylic acids is 1. The number of carbonyl (C=O) groups is 1. The smallest absolute Gasteiger partial charge is 0.366 e. The summed E-state index contributed by atoms with van der Waals surface area (Å²) in [4.78, 5) is 23.7. The Bertz CT molecular complexity index is 389. The molecule has 1 aromatic rings. The molecule has 0 aliphatic carbocycles. The van der Waals surface area contributed by atoms with Crippen molar-refractivity contribution in [3.8, 4) is 0 Å². The van der Waals surface area contributed by atoms with Crippen LogP contribution in [0.4, 0.5) is 5.82 Å². The van der Waals surface area contributed by atoms with Crippen LogP contribution < -0.4 is 0 Å². The van der Waals surface area contributed by atoms with E-state index in [9.17, 15) is 14.9 Å². The molecule has 1 aromatic heterocycles. The molecular formula is C8H8N2O4. The number of pyridine rings is 1. The van der Waals surface area contributed by atoms with Crippen LogP contribution in [0.2, 0.25) is 0 Å². The molecular weight excluding hydrogens is 188 g/mol. The average Bonchev–Trinajstić information content (AvgIpc) is 2.01. The lowest BCUT2D eigenvalue weighted by Crippen LogP contribution is -2.02. The van der Waals surface area contributed by atoms with Gasteiger partial charge in [-0.15, -0.1) is 0 Å². The van der Waals surface area contributed by atoms with E-state index in [-0.39, 0.29) is 12.2 Å². The van der Waals surface area contributed by atoms with Crippen LogP contribution in [-0.2, 0) is 11.2 Å². The van der Waals surface area contributed by atoms with Crippen LogP contribution in [0, 0.1) is 17.0 Å². The van der Waals surface area contributed by atoms with Gasteiger partial charge in [0.1, 0.15) is 6.20 Å². The molecule has 6 heteroatoms. The van der Waals surface area contributed by atoms with Crippen LogP contribution in [0.5, 0.6) is 0 Å². The molecule has 0 spiro atoms. The highest BCUT2D eigenvalue weighted by atomic mass is 16.6. The monoisotopic (exact) mass is 196 g/mol. The van der Waals surface area contributed by atoms with Crippen molar-refractivity contribution in [2.24, 2.45) is 0 Å². The van der Waals surface area contributed by atoms with Crippen molar-refractivity contribution in [3.63, 3.8) is 0 Å². The molecule has 0 saturated heterocycles. The second-order valence-corrected chi connectivity index (χ2v) is 2.81. The van der Waals surface area contributed by atoms with Gasteiger partial charge in [0.2, 0.25) is 0 Å². The summed E-state index contributed by atoms with van der Waals surface area (Å²) >= 11 is 0. The highest BCUT2D eigenvalue weighted by molar-refractivity contribution is 5.70. The summed E-state index contributed by atoms with van der Waals surface area (Å²) in [7, 11) is 0. The SMILES string of the molecule is Cc1cc(CC(=O)O)cnc1[N+](=O)[O-]. The highest BCUT2D eigenvalue weighted by Crippen LogP contribution is 2.15. The Morgan fingerprint density at radius 2 is 2.36 bits per heavy atom. The molecule has 0 fully saturated rings. The first-order valence-corrected chi connectivity index (χ1v) is 3.82. The molecule has 0 amide bonds. The zero-order valence-electron chi connectivity index (χ0n) is 7.43. The van der Waals surface area contributed by atoms with Crippen molar-refractivity contribution >= 4 is 11.8 Å². The van der Waals surface area contributed by atoms with Gasteiger partial charge in [-0.2, -0.15) is 0 Å². The van der Waals surface area contributed by atoms with Crippen LogP contribution in [0.3, 0.4) is 0 Å². The number of nitro groups is 1. The van der Waals surface area contributed by atoms with E-state index < -0.39 is 10.9 Å². The first-order chi connectivity index (χ1) is 6.50. The Morgan fingerprint density at radius 3 is 2.79 bits per heavy atom. The van der Waals surface area contributed by atoms with E-state index in [0.29, 0.717) is 11.1 Å². The predicted molar refractivity (Wildman–Crippen MR) is 47.0 cm³/mol. The van der Waals surface area contributed by atoms with E-state index in [1.165, 1.54) is 19.2 Å². The lowest BCUT2D eigenvalue weighted by Gasteiger charge is -1.98.